The number of fused-ring (bicyclic) bond motifs is 1. The van der Waals surface area contributed by atoms with E-state index in [4.69, 9.17) is 9.47 Å². The molecule has 218 valence electrons. The lowest BCUT2D eigenvalue weighted by atomic mass is 9.70. The lowest BCUT2D eigenvalue weighted by molar-refractivity contribution is -0.156. The molecule has 3 aliphatic heterocycles. The summed E-state index contributed by atoms with van der Waals surface area (Å²) in [6, 6.07) is 4.34. The summed E-state index contributed by atoms with van der Waals surface area (Å²) in [5.74, 6) is -2.75. The molecule has 3 heterocycles. The highest BCUT2D eigenvalue weighted by molar-refractivity contribution is 6.05. The third-order valence-corrected chi connectivity index (χ3v) is 9.12. The third-order valence-electron chi connectivity index (χ3n) is 9.12. The van der Waals surface area contributed by atoms with Gasteiger partial charge < -0.3 is 24.4 Å². The predicted molar refractivity (Wildman–Crippen MR) is 154 cm³/mol. The Hall–Kier alpha value is -2.97. The van der Waals surface area contributed by atoms with Gasteiger partial charge in [0.1, 0.15) is 11.6 Å². The van der Waals surface area contributed by atoms with Crippen LogP contribution in [0.15, 0.2) is 43.5 Å². The second-order valence-corrected chi connectivity index (χ2v) is 11.6. The van der Waals surface area contributed by atoms with E-state index in [1.807, 2.05) is 45.9 Å². The molecule has 1 aromatic carbocycles. The van der Waals surface area contributed by atoms with Gasteiger partial charge in [0, 0.05) is 12.2 Å². The average Bonchev–Trinajstić information content (AvgIpc) is 3.59. The molecule has 0 aromatic heterocycles. The Labute approximate surface area is 238 Å². The molecule has 3 saturated heterocycles. The van der Waals surface area contributed by atoms with Crippen molar-refractivity contribution in [1.82, 2.24) is 4.90 Å². The number of carbonyl (C=O) groups excluding carboxylic acids is 3. The molecule has 2 amide bonds. The van der Waals surface area contributed by atoms with Gasteiger partial charge in [-0.2, -0.15) is 0 Å². The summed E-state index contributed by atoms with van der Waals surface area (Å²) in [6.07, 6.45) is 6.08. The van der Waals surface area contributed by atoms with Crippen LogP contribution in [0.25, 0.3) is 0 Å². The Morgan fingerprint density at radius 1 is 1.30 bits per heavy atom. The van der Waals surface area contributed by atoms with Crippen LogP contribution >= 0.6 is 0 Å². The van der Waals surface area contributed by atoms with Gasteiger partial charge in [0.15, 0.2) is 0 Å². The first-order valence-electron chi connectivity index (χ1n) is 14.5. The van der Waals surface area contributed by atoms with E-state index in [0.29, 0.717) is 25.7 Å². The quantitative estimate of drug-likeness (QED) is 0.225. The number of ether oxygens (including phenoxy) is 2. The molecule has 7 atom stereocenters. The summed E-state index contributed by atoms with van der Waals surface area (Å²) in [4.78, 5) is 45.7. The van der Waals surface area contributed by atoms with Gasteiger partial charge in [0.25, 0.3) is 5.91 Å². The van der Waals surface area contributed by atoms with E-state index >= 15 is 0 Å². The zero-order valence-electron chi connectivity index (χ0n) is 24.3. The second kappa shape index (κ2) is 12.3. The van der Waals surface area contributed by atoms with Crippen LogP contribution < -0.4 is 4.90 Å². The number of carbonyl (C=O) groups is 3. The van der Waals surface area contributed by atoms with Crippen molar-refractivity contribution in [1.29, 1.82) is 0 Å². The van der Waals surface area contributed by atoms with Crippen LogP contribution in [0.4, 0.5) is 5.69 Å². The van der Waals surface area contributed by atoms with Crippen molar-refractivity contribution in [2.45, 2.75) is 83.6 Å². The van der Waals surface area contributed by atoms with Gasteiger partial charge in [-0.1, -0.05) is 44.6 Å². The summed E-state index contributed by atoms with van der Waals surface area (Å²) in [7, 11) is 0. The Balaban J connectivity index is 1.79. The van der Waals surface area contributed by atoms with Crippen LogP contribution in [0.3, 0.4) is 0 Å². The van der Waals surface area contributed by atoms with E-state index in [1.54, 1.807) is 22.0 Å². The summed E-state index contributed by atoms with van der Waals surface area (Å²) < 4.78 is 12.2. The zero-order valence-corrected chi connectivity index (χ0v) is 24.3. The molecule has 1 spiro atoms. The number of hydrogen-bond donors (Lipinski definition) is 1. The number of hydrogen-bond acceptors (Lipinski definition) is 6. The van der Waals surface area contributed by atoms with E-state index in [-0.39, 0.29) is 37.5 Å². The van der Waals surface area contributed by atoms with Crippen molar-refractivity contribution < 1.29 is 29.0 Å². The maximum atomic E-state index is 14.7. The minimum atomic E-state index is -1.17. The Bertz CT molecular complexity index is 1150. The topological polar surface area (TPSA) is 96.4 Å². The van der Waals surface area contributed by atoms with Gasteiger partial charge in [-0.15, -0.1) is 13.2 Å². The van der Waals surface area contributed by atoms with Crippen LogP contribution in [-0.2, 0) is 23.9 Å². The highest BCUT2D eigenvalue weighted by atomic mass is 16.6. The summed E-state index contributed by atoms with van der Waals surface area (Å²) in [6.45, 7) is 15.7. The van der Waals surface area contributed by atoms with Gasteiger partial charge >= 0.3 is 5.97 Å². The molecule has 2 bridgehead atoms. The number of unbranched alkanes of at least 4 members (excludes halogenated alkanes) is 1. The predicted octanol–water partition coefficient (Wildman–Crippen LogP) is 4.11. The van der Waals surface area contributed by atoms with Gasteiger partial charge in [-0.25, -0.2) is 0 Å². The largest absolute Gasteiger partial charge is 0.465 e. The molecule has 4 rings (SSSR count). The monoisotopic (exact) mass is 552 g/mol. The molecule has 3 aliphatic rings. The van der Waals surface area contributed by atoms with Gasteiger partial charge in [0.05, 0.1) is 37.2 Å². The van der Waals surface area contributed by atoms with E-state index in [0.717, 1.165) is 23.2 Å². The molecule has 0 saturated carbocycles. The molecule has 1 N–H and O–H groups in total. The Kier molecular flexibility index (Phi) is 9.20. The molecule has 2 unspecified atom stereocenters. The number of aryl methyl sites for hydroxylation is 2. The van der Waals surface area contributed by atoms with E-state index in [2.05, 4.69) is 13.2 Å². The Morgan fingerprint density at radius 3 is 2.70 bits per heavy atom. The molecular formula is C32H44N2O6. The molecule has 3 fully saturated rings. The maximum absolute atomic E-state index is 14.7. The fraction of sp³-hybridized carbons (Fsp3) is 0.594. The fourth-order valence-electron chi connectivity index (χ4n) is 6.90. The van der Waals surface area contributed by atoms with Crippen molar-refractivity contribution >= 4 is 23.5 Å². The highest BCUT2D eigenvalue weighted by Crippen LogP contribution is 2.59. The maximum Gasteiger partial charge on any atom is 0.312 e. The van der Waals surface area contributed by atoms with Gasteiger partial charge in [-0.05, 0) is 62.6 Å². The standard InChI is InChI=1S/C32H44N2O6/c1-7-10-11-17-39-31(38)26-25-14-15-32(40-25)27(26)29(36)34(24(19-35)21(5)9-3)28(32)30(37)33(16-8-2)23-18-20(4)12-13-22(23)6/h7-8,12-13,18,21,24-28,35H,1-2,9-11,14-17,19H2,3-6H3/t21-,24-,25+,26-,27-,28?,32?/m0/s1. The van der Waals surface area contributed by atoms with E-state index < -0.39 is 41.6 Å². The molecule has 8 heteroatoms. The van der Waals surface area contributed by atoms with Crippen molar-refractivity contribution in [3.05, 3.63) is 54.6 Å². The Morgan fingerprint density at radius 2 is 2.05 bits per heavy atom. The average molecular weight is 553 g/mol. The van der Waals surface area contributed by atoms with Crippen molar-refractivity contribution in [2.24, 2.45) is 17.8 Å². The molecule has 40 heavy (non-hydrogen) atoms. The number of aliphatic hydroxyl groups excluding tert-OH is 1. The number of rotatable bonds is 13. The zero-order chi connectivity index (χ0) is 29.2. The SMILES string of the molecule is C=CCCCOC(=O)[C@@H]1[C@H]2C(=O)N([C@@H](CO)[C@@H](C)CC)C(C(=O)N(CC=C)c3cc(C)ccc3C)C23CC[C@H]1O3. The number of nitrogens with zero attached hydrogens (tertiary/aromatic N) is 2. The summed E-state index contributed by atoms with van der Waals surface area (Å²) in [5.41, 5.74) is 1.50. The second-order valence-electron chi connectivity index (χ2n) is 11.6. The van der Waals surface area contributed by atoms with Crippen LogP contribution in [0, 0.1) is 31.6 Å². The molecule has 8 nitrogen and oxygen atoms in total. The van der Waals surface area contributed by atoms with Crippen LogP contribution in [0.1, 0.15) is 57.1 Å². The number of amides is 2. The normalized spacial score (nSPS) is 28.2. The molecule has 0 aliphatic carbocycles. The number of esters is 1. The lowest BCUT2D eigenvalue weighted by Crippen LogP contribution is -2.60. The third kappa shape index (κ3) is 5.00. The minimum absolute atomic E-state index is 0.0745. The first-order chi connectivity index (χ1) is 19.2. The lowest BCUT2D eigenvalue weighted by Gasteiger charge is -2.41. The van der Waals surface area contributed by atoms with E-state index in [1.165, 1.54) is 0 Å². The number of likely N-dealkylation sites (tertiary alicyclic amines) is 1. The smallest absolute Gasteiger partial charge is 0.312 e. The fourth-order valence-corrected chi connectivity index (χ4v) is 6.90. The van der Waals surface area contributed by atoms with Crippen LogP contribution in [-0.4, -0.2) is 71.3 Å². The summed E-state index contributed by atoms with van der Waals surface area (Å²) in [5, 5.41) is 10.5. The highest BCUT2D eigenvalue weighted by Gasteiger charge is 2.75. The van der Waals surface area contributed by atoms with Crippen molar-refractivity contribution in [3.63, 3.8) is 0 Å². The molecular weight excluding hydrogens is 508 g/mol. The number of anilines is 1. The van der Waals surface area contributed by atoms with Gasteiger partial charge in [-0.3, -0.25) is 14.4 Å². The van der Waals surface area contributed by atoms with Crippen LogP contribution in [0.5, 0.6) is 0 Å². The number of allylic oxidation sites excluding steroid dienone is 1. The van der Waals surface area contributed by atoms with Gasteiger partial charge in [0.2, 0.25) is 5.91 Å². The molecule has 1 aromatic rings. The first kappa shape index (κ1) is 30.0. The molecule has 0 radical (unpaired) electrons. The number of benzene rings is 1. The first-order valence-corrected chi connectivity index (χ1v) is 14.5. The van der Waals surface area contributed by atoms with Crippen molar-refractivity contribution in [3.8, 4) is 0 Å². The van der Waals surface area contributed by atoms with Crippen LogP contribution in [0.2, 0.25) is 0 Å². The van der Waals surface area contributed by atoms with E-state index in [9.17, 15) is 19.5 Å². The number of aliphatic hydroxyl groups is 1. The minimum Gasteiger partial charge on any atom is -0.465 e. The van der Waals surface area contributed by atoms with Crippen molar-refractivity contribution in [2.75, 3.05) is 24.7 Å². The summed E-state index contributed by atoms with van der Waals surface area (Å²) >= 11 is 0.